The second kappa shape index (κ2) is 6.85. The summed E-state index contributed by atoms with van der Waals surface area (Å²) in [6.07, 6.45) is -0.205. The van der Waals surface area contributed by atoms with Crippen LogP contribution in [0.5, 0.6) is 11.5 Å². The molecule has 0 bridgehead atoms. The van der Waals surface area contributed by atoms with Crippen molar-refractivity contribution in [2.24, 2.45) is 0 Å². The Hall–Kier alpha value is -2.38. The van der Waals surface area contributed by atoms with Crippen LogP contribution < -0.4 is 14.8 Å². The Labute approximate surface area is 153 Å². The molecule has 5 nitrogen and oxygen atoms in total. The zero-order valence-corrected chi connectivity index (χ0v) is 15.2. The van der Waals surface area contributed by atoms with Crippen molar-refractivity contribution in [1.82, 2.24) is 10.3 Å². The lowest BCUT2D eigenvalue weighted by Gasteiger charge is -2.26. The monoisotopic (exact) mass is 372 g/mol. The van der Waals surface area contributed by atoms with Crippen molar-refractivity contribution in [2.45, 2.75) is 13.0 Å². The molecule has 1 amide bonds. The molecule has 0 fully saturated rings. The predicted octanol–water partition coefficient (Wildman–Crippen LogP) is 3.75. The van der Waals surface area contributed by atoms with Crippen LogP contribution in [0.2, 0.25) is 0 Å². The number of aromatic nitrogens is 1. The maximum absolute atomic E-state index is 12.5. The lowest BCUT2D eigenvalue weighted by atomic mass is 10.2. The van der Waals surface area contributed by atoms with E-state index in [4.69, 9.17) is 9.47 Å². The van der Waals surface area contributed by atoms with Crippen LogP contribution in [0.3, 0.4) is 0 Å². The highest BCUT2D eigenvalue weighted by Crippen LogP contribution is 2.31. The maximum Gasteiger partial charge on any atom is 0.263 e. The Bertz CT molecular complexity index is 890. The van der Waals surface area contributed by atoms with Crippen LogP contribution in [-0.2, 0) is 0 Å². The first-order valence-corrected chi connectivity index (χ1v) is 9.63. The number of ether oxygens (including phenoxy) is 2. The minimum atomic E-state index is -0.205. The van der Waals surface area contributed by atoms with E-state index in [1.807, 2.05) is 48.0 Å². The molecule has 0 unspecified atom stereocenters. The van der Waals surface area contributed by atoms with Crippen molar-refractivity contribution in [3.8, 4) is 22.1 Å². The number of para-hydroxylation sites is 2. The summed E-state index contributed by atoms with van der Waals surface area (Å²) in [4.78, 5) is 17.6. The summed E-state index contributed by atoms with van der Waals surface area (Å²) >= 11 is 3.03. The van der Waals surface area contributed by atoms with Gasteiger partial charge in [0.1, 0.15) is 22.6 Å². The summed E-state index contributed by atoms with van der Waals surface area (Å²) in [6.45, 7) is 2.66. The number of nitrogens with one attached hydrogen (secondary N) is 1. The van der Waals surface area contributed by atoms with Crippen LogP contribution in [0.1, 0.15) is 15.4 Å². The number of carbonyl (C=O) groups is 1. The summed E-state index contributed by atoms with van der Waals surface area (Å²) in [7, 11) is 0. The molecule has 1 aliphatic rings. The van der Waals surface area contributed by atoms with E-state index >= 15 is 0 Å². The van der Waals surface area contributed by atoms with Gasteiger partial charge in [-0.1, -0.05) is 12.1 Å². The highest BCUT2D eigenvalue weighted by Gasteiger charge is 2.22. The SMILES string of the molecule is Cc1nc(-c2ccsc2)sc1C(=O)NC[C@H]1COc2ccccc2O1. The zero-order valence-electron chi connectivity index (χ0n) is 13.5. The number of fused-ring (bicyclic) bond motifs is 1. The molecule has 2 aromatic heterocycles. The number of rotatable bonds is 4. The Morgan fingerprint density at radius 3 is 2.96 bits per heavy atom. The lowest BCUT2D eigenvalue weighted by Crippen LogP contribution is -2.40. The largest absolute Gasteiger partial charge is 0.486 e. The fourth-order valence-electron chi connectivity index (χ4n) is 2.57. The summed E-state index contributed by atoms with van der Waals surface area (Å²) in [5.41, 5.74) is 1.80. The van der Waals surface area contributed by atoms with Gasteiger partial charge in [0.25, 0.3) is 5.91 Å². The van der Waals surface area contributed by atoms with Gasteiger partial charge in [0.05, 0.1) is 12.2 Å². The van der Waals surface area contributed by atoms with Gasteiger partial charge in [0, 0.05) is 10.9 Å². The number of hydrogen-bond acceptors (Lipinski definition) is 6. The van der Waals surface area contributed by atoms with Gasteiger partial charge in [-0.2, -0.15) is 11.3 Å². The van der Waals surface area contributed by atoms with Gasteiger partial charge in [0.15, 0.2) is 11.5 Å². The second-order valence-corrected chi connectivity index (χ2v) is 7.43. The minimum absolute atomic E-state index is 0.126. The van der Waals surface area contributed by atoms with Gasteiger partial charge in [-0.15, -0.1) is 11.3 Å². The molecule has 1 aromatic carbocycles. The fraction of sp³-hybridized carbons (Fsp3) is 0.222. The third kappa shape index (κ3) is 3.38. The number of hydrogen-bond donors (Lipinski definition) is 1. The highest BCUT2D eigenvalue weighted by molar-refractivity contribution is 7.17. The first-order valence-electron chi connectivity index (χ1n) is 7.87. The molecule has 1 N–H and O–H groups in total. The predicted molar refractivity (Wildman–Crippen MR) is 98.9 cm³/mol. The van der Waals surface area contributed by atoms with Gasteiger partial charge >= 0.3 is 0 Å². The molecule has 7 heteroatoms. The highest BCUT2D eigenvalue weighted by atomic mass is 32.1. The molecule has 0 saturated heterocycles. The molecule has 0 saturated carbocycles. The van der Waals surface area contributed by atoms with Crippen LogP contribution in [0.25, 0.3) is 10.6 Å². The third-order valence-electron chi connectivity index (χ3n) is 3.83. The Kier molecular flexibility index (Phi) is 4.42. The smallest absolute Gasteiger partial charge is 0.263 e. The number of thiophene rings is 1. The minimum Gasteiger partial charge on any atom is -0.486 e. The number of amides is 1. The molecule has 0 spiro atoms. The van der Waals surface area contributed by atoms with E-state index in [1.165, 1.54) is 11.3 Å². The van der Waals surface area contributed by atoms with Crippen molar-refractivity contribution in [3.63, 3.8) is 0 Å². The quantitative estimate of drug-likeness (QED) is 0.758. The van der Waals surface area contributed by atoms with E-state index in [0.717, 1.165) is 22.0 Å². The Balaban J connectivity index is 1.40. The Morgan fingerprint density at radius 2 is 2.16 bits per heavy atom. The van der Waals surface area contributed by atoms with Crippen molar-refractivity contribution in [2.75, 3.05) is 13.2 Å². The molecule has 3 aromatic rings. The van der Waals surface area contributed by atoms with E-state index < -0.39 is 0 Å². The van der Waals surface area contributed by atoms with Gasteiger partial charge in [-0.05, 0) is 30.5 Å². The molecule has 1 aliphatic heterocycles. The summed E-state index contributed by atoms with van der Waals surface area (Å²) < 4.78 is 11.5. The van der Waals surface area contributed by atoms with Gasteiger partial charge in [-0.3, -0.25) is 4.79 Å². The molecule has 0 aliphatic carbocycles. The summed E-state index contributed by atoms with van der Waals surface area (Å²) in [6, 6.07) is 9.55. The van der Waals surface area contributed by atoms with Gasteiger partial charge < -0.3 is 14.8 Å². The van der Waals surface area contributed by atoms with Crippen LogP contribution in [0.4, 0.5) is 0 Å². The van der Waals surface area contributed by atoms with Crippen LogP contribution >= 0.6 is 22.7 Å². The van der Waals surface area contributed by atoms with Crippen molar-refractivity contribution in [1.29, 1.82) is 0 Å². The van der Waals surface area contributed by atoms with Gasteiger partial charge in [-0.25, -0.2) is 4.98 Å². The van der Waals surface area contributed by atoms with Crippen LogP contribution in [0, 0.1) is 6.92 Å². The second-order valence-electron chi connectivity index (χ2n) is 5.65. The topological polar surface area (TPSA) is 60.5 Å². The third-order valence-corrected chi connectivity index (χ3v) is 5.72. The molecule has 3 heterocycles. The summed E-state index contributed by atoms with van der Waals surface area (Å²) in [5.74, 6) is 1.32. The van der Waals surface area contributed by atoms with Crippen molar-refractivity contribution < 1.29 is 14.3 Å². The van der Waals surface area contributed by atoms with Crippen LogP contribution in [-0.4, -0.2) is 30.1 Å². The van der Waals surface area contributed by atoms with E-state index in [0.29, 0.717) is 23.8 Å². The number of nitrogens with zero attached hydrogens (tertiary/aromatic N) is 1. The van der Waals surface area contributed by atoms with Gasteiger partial charge in [0.2, 0.25) is 0 Å². The Morgan fingerprint density at radius 1 is 1.32 bits per heavy atom. The number of aryl methyl sites for hydroxylation is 1. The normalized spacial score (nSPS) is 15.8. The lowest BCUT2D eigenvalue weighted by molar-refractivity contribution is 0.0791. The average Bonchev–Trinajstić information content (AvgIpc) is 3.29. The first-order chi connectivity index (χ1) is 12.2. The van der Waals surface area contributed by atoms with E-state index in [-0.39, 0.29) is 12.0 Å². The average molecular weight is 372 g/mol. The molecular formula is C18H16N2O3S2. The van der Waals surface area contributed by atoms with Crippen molar-refractivity contribution in [3.05, 3.63) is 51.7 Å². The standard InChI is InChI=1S/C18H16N2O3S2/c1-11-16(25-18(20-11)12-6-7-24-10-12)17(21)19-8-13-9-22-14-4-2-3-5-15(14)23-13/h2-7,10,13H,8-9H2,1H3,(H,19,21)/t13-/m0/s1. The maximum atomic E-state index is 12.5. The fourth-order valence-corrected chi connectivity index (χ4v) is 4.26. The van der Waals surface area contributed by atoms with E-state index in [2.05, 4.69) is 10.3 Å². The number of carbonyl (C=O) groups excluding carboxylic acids is 1. The molecule has 128 valence electrons. The number of benzene rings is 1. The number of thiazole rings is 1. The molecular weight excluding hydrogens is 356 g/mol. The molecule has 1 atom stereocenters. The van der Waals surface area contributed by atoms with Crippen LogP contribution in [0.15, 0.2) is 41.1 Å². The summed E-state index contributed by atoms with van der Waals surface area (Å²) in [5, 5.41) is 7.83. The zero-order chi connectivity index (χ0) is 17.2. The van der Waals surface area contributed by atoms with E-state index in [1.54, 1.807) is 11.3 Å². The molecule has 4 rings (SSSR count). The van der Waals surface area contributed by atoms with E-state index in [9.17, 15) is 4.79 Å². The molecule has 0 radical (unpaired) electrons. The first kappa shape index (κ1) is 16.1. The molecule has 25 heavy (non-hydrogen) atoms. The van der Waals surface area contributed by atoms with Crippen molar-refractivity contribution >= 4 is 28.6 Å².